The smallest absolute Gasteiger partial charge is 0.230 e. The Balaban J connectivity index is 1.69. The molecule has 0 aliphatic carbocycles. The number of aryl methyl sites for hydroxylation is 2. The molecule has 0 unspecified atom stereocenters. The molecule has 0 radical (unpaired) electrons. The van der Waals surface area contributed by atoms with Crippen molar-refractivity contribution in [3.8, 4) is 10.6 Å². The molecule has 0 aliphatic rings. The van der Waals surface area contributed by atoms with Gasteiger partial charge in [0.15, 0.2) is 0 Å². The van der Waals surface area contributed by atoms with E-state index in [2.05, 4.69) is 32.3 Å². The van der Waals surface area contributed by atoms with Crippen LogP contribution in [0.5, 0.6) is 0 Å². The van der Waals surface area contributed by atoms with Gasteiger partial charge in [-0.2, -0.15) is 0 Å². The first kappa shape index (κ1) is 16.9. The Kier molecular flexibility index (Phi) is 5.11. The summed E-state index contributed by atoms with van der Waals surface area (Å²) in [7, 11) is 0. The molecule has 3 rings (SSSR count). The molecule has 0 atom stereocenters. The molecule has 1 aromatic heterocycles. The lowest BCUT2D eigenvalue weighted by Gasteiger charge is -2.08. The fourth-order valence-electron chi connectivity index (χ4n) is 2.46. The van der Waals surface area contributed by atoms with Crippen LogP contribution < -0.4 is 5.32 Å². The van der Waals surface area contributed by atoms with E-state index in [-0.39, 0.29) is 12.3 Å². The zero-order chi connectivity index (χ0) is 17.1. The number of hydrogen-bond donors (Lipinski definition) is 1. The van der Waals surface area contributed by atoms with E-state index in [4.69, 9.17) is 0 Å². The molecule has 1 N–H and O–H groups in total. The van der Waals surface area contributed by atoms with E-state index >= 15 is 0 Å². The van der Waals surface area contributed by atoms with Gasteiger partial charge >= 0.3 is 0 Å². The molecule has 1 amide bonds. The summed E-state index contributed by atoms with van der Waals surface area (Å²) in [5, 5.41) is 5.83. The molecule has 0 saturated heterocycles. The summed E-state index contributed by atoms with van der Waals surface area (Å²) >= 11 is 5.02. The second kappa shape index (κ2) is 7.28. The fraction of sp³-hybridized carbons (Fsp3) is 0.158. The van der Waals surface area contributed by atoms with E-state index in [1.165, 1.54) is 5.56 Å². The van der Waals surface area contributed by atoms with Gasteiger partial charge in [-0.15, -0.1) is 11.3 Å². The number of hydrogen-bond acceptors (Lipinski definition) is 3. The largest absolute Gasteiger partial charge is 0.326 e. The predicted octanol–water partition coefficient (Wildman–Crippen LogP) is 5.37. The maximum atomic E-state index is 12.3. The number of nitrogens with one attached hydrogen (secondary N) is 1. The molecule has 0 aliphatic heterocycles. The lowest BCUT2D eigenvalue weighted by Crippen LogP contribution is -2.15. The molecule has 0 bridgehead atoms. The second-order valence-electron chi connectivity index (χ2n) is 5.70. The van der Waals surface area contributed by atoms with Crippen LogP contribution >= 0.6 is 27.3 Å². The van der Waals surface area contributed by atoms with Gasteiger partial charge in [0.1, 0.15) is 5.01 Å². The molecule has 0 fully saturated rings. The van der Waals surface area contributed by atoms with Gasteiger partial charge in [-0.1, -0.05) is 45.8 Å². The summed E-state index contributed by atoms with van der Waals surface area (Å²) < 4.78 is 1.02. The van der Waals surface area contributed by atoms with Crippen LogP contribution in [-0.2, 0) is 11.2 Å². The van der Waals surface area contributed by atoms with Crippen molar-refractivity contribution in [2.75, 3.05) is 5.32 Å². The minimum atomic E-state index is -0.0481. The monoisotopic (exact) mass is 400 g/mol. The standard InChI is InChI=1S/C19H17BrN2OS/c1-12-6-7-17(13(2)8-12)22-18(23)10-16-11-24-19(21-16)14-4-3-5-15(20)9-14/h3-9,11H,10H2,1-2H3,(H,22,23). The van der Waals surface area contributed by atoms with E-state index in [1.807, 2.05) is 55.6 Å². The number of anilines is 1. The molecule has 0 spiro atoms. The Morgan fingerprint density at radius 3 is 2.79 bits per heavy atom. The van der Waals surface area contributed by atoms with Crippen molar-refractivity contribution >= 4 is 38.9 Å². The van der Waals surface area contributed by atoms with Gasteiger partial charge < -0.3 is 5.32 Å². The van der Waals surface area contributed by atoms with Gasteiger partial charge in [0.25, 0.3) is 0 Å². The van der Waals surface area contributed by atoms with Crippen molar-refractivity contribution in [1.82, 2.24) is 4.98 Å². The lowest BCUT2D eigenvalue weighted by atomic mass is 10.1. The Labute approximate surface area is 153 Å². The van der Waals surface area contributed by atoms with E-state index in [9.17, 15) is 4.79 Å². The summed E-state index contributed by atoms with van der Waals surface area (Å²) in [4.78, 5) is 16.8. The van der Waals surface area contributed by atoms with Crippen LogP contribution in [0.2, 0.25) is 0 Å². The molecular weight excluding hydrogens is 384 g/mol. The number of benzene rings is 2. The van der Waals surface area contributed by atoms with Crippen LogP contribution in [0, 0.1) is 13.8 Å². The quantitative estimate of drug-likeness (QED) is 0.639. The molecule has 3 aromatic rings. The van der Waals surface area contributed by atoms with Crippen molar-refractivity contribution in [2.45, 2.75) is 20.3 Å². The molecule has 3 nitrogen and oxygen atoms in total. The van der Waals surface area contributed by atoms with Gasteiger partial charge in [0.2, 0.25) is 5.91 Å². The van der Waals surface area contributed by atoms with Gasteiger partial charge in [-0.3, -0.25) is 4.79 Å². The van der Waals surface area contributed by atoms with Crippen molar-refractivity contribution < 1.29 is 4.79 Å². The number of carbonyl (C=O) groups is 1. The molecular formula is C19H17BrN2OS. The highest BCUT2D eigenvalue weighted by molar-refractivity contribution is 9.10. The van der Waals surface area contributed by atoms with Crippen molar-refractivity contribution in [3.63, 3.8) is 0 Å². The maximum Gasteiger partial charge on any atom is 0.230 e. The van der Waals surface area contributed by atoms with E-state index < -0.39 is 0 Å². The van der Waals surface area contributed by atoms with E-state index in [0.29, 0.717) is 0 Å². The van der Waals surface area contributed by atoms with Gasteiger partial charge in [0.05, 0.1) is 12.1 Å². The number of amides is 1. The van der Waals surface area contributed by atoms with Crippen LogP contribution in [0.25, 0.3) is 10.6 Å². The normalized spacial score (nSPS) is 10.6. The Morgan fingerprint density at radius 2 is 2.04 bits per heavy atom. The Hall–Kier alpha value is -1.98. The SMILES string of the molecule is Cc1ccc(NC(=O)Cc2csc(-c3cccc(Br)c3)n2)c(C)c1. The number of thiazole rings is 1. The second-order valence-corrected chi connectivity index (χ2v) is 7.47. The summed E-state index contributed by atoms with van der Waals surface area (Å²) in [6.45, 7) is 4.04. The lowest BCUT2D eigenvalue weighted by molar-refractivity contribution is -0.115. The topological polar surface area (TPSA) is 42.0 Å². The highest BCUT2D eigenvalue weighted by atomic mass is 79.9. The molecule has 5 heteroatoms. The van der Waals surface area contributed by atoms with Crippen LogP contribution in [0.4, 0.5) is 5.69 Å². The van der Waals surface area contributed by atoms with Gasteiger partial charge in [-0.25, -0.2) is 4.98 Å². The third-order valence-corrected chi connectivity index (χ3v) is 5.05. The minimum Gasteiger partial charge on any atom is -0.326 e. The average Bonchev–Trinajstić information content (AvgIpc) is 2.98. The van der Waals surface area contributed by atoms with E-state index in [0.717, 1.165) is 32.0 Å². The Morgan fingerprint density at radius 1 is 1.21 bits per heavy atom. The van der Waals surface area contributed by atoms with Crippen molar-refractivity contribution in [3.05, 3.63) is 69.1 Å². The number of aromatic nitrogens is 1. The van der Waals surface area contributed by atoms with Crippen LogP contribution in [0.1, 0.15) is 16.8 Å². The van der Waals surface area contributed by atoms with Crippen LogP contribution in [0.3, 0.4) is 0 Å². The van der Waals surface area contributed by atoms with Crippen molar-refractivity contribution in [1.29, 1.82) is 0 Å². The summed E-state index contributed by atoms with van der Waals surface area (Å²) in [5.41, 5.74) is 4.95. The van der Waals surface area contributed by atoms with Gasteiger partial charge in [-0.05, 0) is 37.6 Å². The van der Waals surface area contributed by atoms with Crippen LogP contribution in [0.15, 0.2) is 52.3 Å². The fourth-order valence-corrected chi connectivity index (χ4v) is 3.67. The number of rotatable bonds is 4. The zero-order valence-corrected chi connectivity index (χ0v) is 15.9. The highest BCUT2D eigenvalue weighted by Gasteiger charge is 2.10. The highest BCUT2D eigenvalue weighted by Crippen LogP contribution is 2.26. The van der Waals surface area contributed by atoms with E-state index in [1.54, 1.807) is 11.3 Å². The summed E-state index contributed by atoms with van der Waals surface area (Å²) in [6, 6.07) is 14.0. The molecule has 2 aromatic carbocycles. The van der Waals surface area contributed by atoms with Crippen LogP contribution in [-0.4, -0.2) is 10.9 Å². The molecule has 1 heterocycles. The van der Waals surface area contributed by atoms with Crippen molar-refractivity contribution in [2.24, 2.45) is 0 Å². The molecule has 0 saturated carbocycles. The third-order valence-electron chi connectivity index (χ3n) is 3.62. The Bertz CT molecular complexity index is 889. The molecule has 122 valence electrons. The minimum absolute atomic E-state index is 0.0481. The predicted molar refractivity (Wildman–Crippen MR) is 103 cm³/mol. The summed E-state index contributed by atoms with van der Waals surface area (Å²) in [5.74, 6) is -0.0481. The first-order chi connectivity index (χ1) is 11.5. The third kappa shape index (κ3) is 4.10. The first-order valence-corrected chi connectivity index (χ1v) is 9.26. The average molecular weight is 401 g/mol. The zero-order valence-electron chi connectivity index (χ0n) is 13.5. The number of carbonyl (C=O) groups excluding carboxylic acids is 1. The molecule has 24 heavy (non-hydrogen) atoms. The first-order valence-electron chi connectivity index (χ1n) is 7.59. The maximum absolute atomic E-state index is 12.3. The number of nitrogens with zero attached hydrogens (tertiary/aromatic N) is 1. The van der Waals surface area contributed by atoms with Gasteiger partial charge in [0, 0.05) is 21.1 Å². The summed E-state index contributed by atoms with van der Waals surface area (Å²) in [6.07, 6.45) is 0.276. The number of halogens is 1.